The Morgan fingerprint density at radius 1 is 1.24 bits per heavy atom. The molecule has 0 aromatic heterocycles. The molecule has 25 heavy (non-hydrogen) atoms. The number of halogens is 2. The monoisotopic (exact) mass is 377 g/mol. The average molecular weight is 377 g/mol. The van der Waals surface area contributed by atoms with Crippen LogP contribution < -0.4 is 4.74 Å². The highest BCUT2D eigenvalue weighted by molar-refractivity contribution is 7.89. The van der Waals surface area contributed by atoms with E-state index in [9.17, 15) is 22.0 Å². The van der Waals surface area contributed by atoms with E-state index in [-0.39, 0.29) is 31.0 Å². The van der Waals surface area contributed by atoms with Crippen LogP contribution in [0.5, 0.6) is 5.75 Å². The third kappa shape index (κ3) is 4.27. The third-order valence-electron chi connectivity index (χ3n) is 4.32. The van der Waals surface area contributed by atoms with Crippen molar-refractivity contribution in [1.82, 2.24) is 4.31 Å². The first-order valence-corrected chi connectivity index (χ1v) is 9.31. The molecule has 2 rings (SSSR count). The molecule has 0 spiro atoms. The van der Waals surface area contributed by atoms with E-state index < -0.39 is 33.8 Å². The Hall–Kier alpha value is -1.74. The number of carboxylic acids is 1. The van der Waals surface area contributed by atoms with Gasteiger partial charge in [0, 0.05) is 24.9 Å². The first kappa shape index (κ1) is 19.6. The van der Waals surface area contributed by atoms with Gasteiger partial charge in [0.1, 0.15) is 5.75 Å². The summed E-state index contributed by atoms with van der Waals surface area (Å²) in [7, 11) is -3.88. The lowest BCUT2D eigenvalue weighted by Crippen LogP contribution is -2.53. The normalized spacial score (nSPS) is 24.0. The second-order valence-electron chi connectivity index (χ2n) is 6.26. The predicted molar refractivity (Wildman–Crippen MR) is 86.2 cm³/mol. The Bertz CT molecular complexity index is 707. The quantitative estimate of drug-likeness (QED) is 0.823. The molecule has 1 saturated heterocycles. The standard InChI is InChI=1S/C16H21F2NO5S/c1-11-9-19(10-12(2)16(11,17)18)25(22,23)14-5-3-13(4-6-14)24-8-7-15(20)21/h3-6,11-12H,7-10H2,1-2H3,(H,20,21). The van der Waals surface area contributed by atoms with Crippen molar-refractivity contribution >= 4 is 16.0 Å². The van der Waals surface area contributed by atoms with Gasteiger partial charge in [-0.05, 0) is 24.3 Å². The number of carboxylic acid groups (broad SMARTS) is 1. The van der Waals surface area contributed by atoms with Gasteiger partial charge in [-0.25, -0.2) is 17.2 Å². The Labute approximate surface area is 145 Å². The molecule has 9 heteroatoms. The molecular formula is C16H21F2NO5S. The zero-order chi connectivity index (χ0) is 18.8. The van der Waals surface area contributed by atoms with Crippen LogP contribution in [-0.2, 0) is 14.8 Å². The van der Waals surface area contributed by atoms with Crippen LogP contribution in [0.3, 0.4) is 0 Å². The molecule has 0 aliphatic carbocycles. The lowest BCUT2D eigenvalue weighted by Gasteiger charge is -2.40. The molecule has 1 aliphatic heterocycles. The summed E-state index contributed by atoms with van der Waals surface area (Å²) in [6.07, 6.45) is -0.169. The van der Waals surface area contributed by atoms with Crippen LogP contribution in [0.2, 0.25) is 0 Å². The minimum Gasteiger partial charge on any atom is -0.493 e. The van der Waals surface area contributed by atoms with Gasteiger partial charge in [0.2, 0.25) is 10.0 Å². The van der Waals surface area contributed by atoms with Crippen molar-refractivity contribution < 1.29 is 31.8 Å². The molecule has 0 bridgehead atoms. The number of hydrogen-bond donors (Lipinski definition) is 1. The van der Waals surface area contributed by atoms with E-state index >= 15 is 0 Å². The number of piperidine rings is 1. The van der Waals surface area contributed by atoms with Crippen molar-refractivity contribution in [2.24, 2.45) is 11.8 Å². The molecule has 1 aromatic rings. The molecule has 2 unspecified atom stereocenters. The number of benzene rings is 1. The van der Waals surface area contributed by atoms with Crippen molar-refractivity contribution in [3.05, 3.63) is 24.3 Å². The Kier molecular flexibility index (Phi) is 5.68. The summed E-state index contributed by atoms with van der Waals surface area (Å²) in [6.45, 7) is 2.18. The number of hydrogen-bond acceptors (Lipinski definition) is 4. The van der Waals surface area contributed by atoms with Crippen LogP contribution in [0.1, 0.15) is 20.3 Å². The molecule has 1 fully saturated rings. The fraction of sp³-hybridized carbons (Fsp3) is 0.562. The van der Waals surface area contributed by atoms with Crippen LogP contribution in [0.4, 0.5) is 8.78 Å². The first-order valence-electron chi connectivity index (χ1n) is 7.87. The maximum absolute atomic E-state index is 13.9. The summed E-state index contributed by atoms with van der Waals surface area (Å²) in [5, 5.41) is 8.55. The van der Waals surface area contributed by atoms with E-state index in [0.29, 0.717) is 5.75 Å². The lowest BCUT2D eigenvalue weighted by molar-refractivity contribution is -0.137. The highest BCUT2D eigenvalue weighted by Crippen LogP contribution is 2.39. The number of carbonyl (C=O) groups is 1. The van der Waals surface area contributed by atoms with E-state index in [1.54, 1.807) is 0 Å². The Morgan fingerprint density at radius 3 is 2.24 bits per heavy atom. The zero-order valence-corrected chi connectivity index (χ0v) is 14.8. The maximum Gasteiger partial charge on any atom is 0.306 e. The minimum absolute atomic E-state index is 0.0114. The summed E-state index contributed by atoms with van der Waals surface area (Å²) in [6, 6.07) is 5.49. The number of aliphatic carboxylic acids is 1. The van der Waals surface area contributed by atoms with Gasteiger partial charge >= 0.3 is 5.97 Å². The van der Waals surface area contributed by atoms with Crippen LogP contribution in [0.15, 0.2) is 29.2 Å². The van der Waals surface area contributed by atoms with E-state index in [0.717, 1.165) is 4.31 Å². The van der Waals surface area contributed by atoms with E-state index in [1.807, 2.05) is 0 Å². The molecule has 1 aromatic carbocycles. The van der Waals surface area contributed by atoms with Crippen LogP contribution in [0.25, 0.3) is 0 Å². The summed E-state index contributed by atoms with van der Waals surface area (Å²) < 4.78 is 59.4. The van der Waals surface area contributed by atoms with Crippen molar-refractivity contribution in [2.45, 2.75) is 31.1 Å². The summed E-state index contributed by atoms with van der Waals surface area (Å²) in [4.78, 5) is 10.4. The van der Waals surface area contributed by atoms with E-state index in [4.69, 9.17) is 9.84 Å². The van der Waals surface area contributed by atoms with Gasteiger partial charge in [0.15, 0.2) is 0 Å². The van der Waals surface area contributed by atoms with Gasteiger partial charge in [-0.3, -0.25) is 4.79 Å². The van der Waals surface area contributed by atoms with Crippen molar-refractivity contribution in [1.29, 1.82) is 0 Å². The van der Waals surface area contributed by atoms with E-state index in [2.05, 4.69) is 0 Å². The van der Waals surface area contributed by atoms with Gasteiger partial charge in [-0.15, -0.1) is 0 Å². The second-order valence-corrected chi connectivity index (χ2v) is 8.20. The lowest BCUT2D eigenvalue weighted by atomic mass is 9.88. The maximum atomic E-state index is 13.9. The molecule has 0 amide bonds. The minimum atomic E-state index is -3.88. The van der Waals surface area contributed by atoms with Gasteiger partial charge in [-0.2, -0.15) is 4.31 Å². The van der Waals surface area contributed by atoms with Gasteiger partial charge < -0.3 is 9.84 Å². The summed E-state index contributed by atoms with van der Waals surface area (Å²) in [5.74, 6) is -5.68. The molecule has 2 atom stereocenters. The third-order valence-corrected chi connectivity index (χ3v) is 6.16. The smallest absolute Gasteiger partial charge is 0.306 e. The summed E-state index contributed by atoms with van der Waals surface area (Å²) >= 11 is 0. The molecule has 1 heterocycles. The summed E-state index contributed by atoms with van der Waals surface area (Å²) in [5.41, 5.74) is 0. The highest BCUT2D eigenvalue weighted by Gasteiger charge is 2.49. The number of rotatable bonds is 6. The SMILES string of the molecule is CC1CN(S(=O)(=O)c2ccc(OCCC(=O)O)cc2)CC(C)C1(F)F. The molecule has 1 N–H and O–H groups in total. The van der Waals surface area contributed by atoms with Crippen molar-refractivity contribution in [3.8, 4) is 5.75 Å². The fourth-order valence-electron chi connectivity index (χ4n) is 2.72. The number of nitrogens with zero attached hydrogens (tertiary/aromatic N) is 1. The Morgan fingerprint density at radius 2 is 1.76 bits per heavy atom. The number of alkyl halides is 2. The predicted octanol–water partition coefficient (Wildman–Crippen LogP) is 2.45. The van der Waals surface area contributed by atoms with Crippen LogP contribution >= 0.6 is 0 Å². The molecule has 0 saturated carbocycles. The molecule has 6 nitrogen and oxygen atoms in total. The van der Waals surface area contributed by atoms with Gasteiger partial charge in [-0.1, -0.05) is 13.8 Å². The average Bonchev–Trinajstić information content (AvgIpc) is 2.52. The molecular weight excluding hydrogens is 356 g/mol. The Balaban J connectivity index is 2.10. The number of ether oxygens (including phenoxy) is 1. The molecule has 1 aliphatic rings. The van der Waals surface area contributed by atoms with Crippen molar-refractivity contribution in [3.63, 3.8) is 0 Å². The van der Waals surface area contributed by atoms with Crippen LogP contribution in [0, 0.1) is 11.8 Å². The van der Waals surface area contributed by atoms with E-state index in [1.165, 1.54) is 38.1 Å². The largest absolute Gasteiger partial charge is 0.493 e. The molecule has 140 valence electrons. The molecule has 0 radical (unpaired) electrons. The topological polar surface area (TPSA) is 83.9 Å². The van der Waals surface area contributed by atoms with Gasteiger partial charge in [0.25, 0.3) is 5.92 Å². The van der Waals surface area contributed by atoms with Crippen LogP contribution in [-0.4, -0.2) is 49.4 Å². The van der Waals surface area contributed by atoms with Gasteiger partial charge in [0.05, 0.1) is 17.9 Å². The highest BCUT2D eigenvalue weighted by atomic mass is 32.2. The number of sulfonamides is 1. The zero-order valence-electron chi connectivity index (χ0n) is 14.0. The fourth-order valence-corrected chi connectivity index (χ4v) is 4.34. The van der Waals surface area contributed by atoms with Crippen molar-refractivity contribution in [2.75, 3.05) is 19.7 Å². The second kappa shape index (κ2) is 7.25. The first-order chi connectivity index (χ1) is 11.5.